The molecule has 0 radical (unpaired) electrons. The molecule has 0 atom stereocenters. The van der Waals surface area contributed by atoms with E-state index in [0.717, 1.165) is 25.9 Å². The number of unbranched alkanes of at least 4 members (excludes halogenated alkanes) is 1. The van der Waals surface area contributed by atoms with Gasteiger partial charge in [-0.25, -0.2) is 0 Å². The van der Waals surface area contributed by atoms with Gasteiger partial charge in [0.1, 0.15) is 6.54 Å². The van der Waals surface area contributed by atoms with Gasteiger partial charge in [-0.2, -0.15) is 0 Å². The van der Waals surface area contributed by atoms with Crippen LogP contribution in [0.15, 0.2) is 0 Å². The first kappa shape index (κ1) is 13.9. The third-order valence-corrected chi connectivity index (χ3v) is 1.74. The molecule has 0 saturated carbocycles. The predicted octanol–water partition coefficient (Wildman–Crippen LogP) is 0.0554. The van der Waals surface area contributed by atoms with Crippen LogP contribution in [0.3, 0.4) is 0 Å². The van der Waals surface area contributed by atoms with Crippen LogP contribution in [0.1, 0.15) is 26.7 Å². The second kappa shape index (κ2) is 9.45. The number of carbonyl (C=O) groups is 2. The maximum atomic E-state index is 11.0. The monoisotopic (exact) mass is 216 g/mol. The maximum absolute atomic E-state index is 11.0. The van der Waals surface area contributed by atoms with Crippen molar-refractivity contribution in [3.63, 3.8) is 0 Å². The smallest absolute Gasteiger partial charge is 0.325 e. The number of hydrogen-bond acceptors (Lipinski definition) is 4. The SMILES string of the molecule is CCNCCCCOC(=O)CNC(C)=O. The third-order valence-electron chi connectivity index (χ3n) is 1.74. The first-order chi connectivity index (χ1) is 7.16. The Morgan fingerprint density at radius 3 is 2.60 bits per heavy atom. The Hall–Kier alpha value is -1.10. The van der Waals surface area contributed by atoms with Gasteiger partial charge in [0.2, 0.25) is 5.91 Å². The van der Waals surface area contributed by atoms with E-state index in [1.807, 2.05) is 6.92 Å². The summed E-state index contributed by atoms with van der Waals surface area (Å²) < 4.78 is 4.89. The Balaban J connectivity index is 3.20. The van der Waals surface area contributed by atoms with Gasteiger partial charge in [0.15, 0.2) is 0 Å². The molecule has 5 heteroatoms. The van der Waals surface area contributed by atoms with Crippen molar-refractivity contribution in [1.29, 1.82) is 0 Å². The topological polar surface area (TPSA) is 67.4 Å². The van der Waals surface area contributed by atoms with E-state index in [9.17, 15) is 9.59 Å². The molecule has 0 aromatic heterocycles. The van der Waals surface area contributed by atoms with Crippen LogP contribution in [0.4, 0.5) is 0 Å². The number of amides is 1. The molecule has 0 aliphatic heterocycles. The highest BCUT2D eigenvalue weighted by Crippen LogP contribution is 1.89. The lowest BCUT2D eigenvalue weighted by Gasteiger charge is -2.05. The molecule has 2 N–H and O–H groups in total. The summed E-state index contributed by atoms with van der Waals surface area (Å²) in [4.78, 5) is 21.5. The van der Waals surface area contributed by atoms with Crippen LogP contribution >= 0.6 is 0 Å². The molecule has 15 heavy (non-hydrogen) atoms. The van der Waals surface area contributed by atoms with Gasteiger partial charge in [0.05, 0.1) is 6.61 Å². The summed E-state index contributed by atoms with van der Waals surface area (Å²) in [5.74, 6) is -0.604. The fourth-order valence-electron chi connectivity index (χ4n) is 0.963. The van der Waals surface area contributed by atoms with Crippen LogP contribution in [0, 0.1) is 0 Å². The molecule has 0 spiro atoms. The number of ether oxygens (including phenoxy) is 1. The van der Waals surface area contributed by atoms with E-state index in [2.05, 4.69) is 10.6 Å². The minimum absolute atomic E-state index is 0.0391. The third kappa shape index (κ3) is 10.8. The molecule has 0 rings (SSSR count). The normalized spacial score (nSPS) is 9.73. The largest absolute Gasteiger partial charge is 0.464 e. The number of rotatable bonds is 8. The van der Waals surface area contributed by atoms with Crippen molar-refractivity contribution in [2.75, 3.05) is 26.2 Å². The van der Waals surface area contributed by atoms with Gasteiger partial charge in [-0.05, 0) is 25.9 Å². The predicted molar refractivity (Wildman–Crippen MR) is 57.4 cm³/mol. The van der Waals surface area contributed by atoms with E-state index in [0.29, 0.717) is 6.61 Å². The zero-order chi connectivity index (χ0) is 11.5. The molecule has 0 aromatic rings. The number of nitrogens with one attached hydrogen (secondary N) is 2. The van der Waals surface area contributed by atoms with E-state index in [4.69, 9.17) is 4.74 Å². The van der Waals surface area contributed by atoms with Crippen LogP contribution in [-0.4, -0.2) is 38.1 Å². The van der Waals surface area contributed by atoms with Gasteiger partial charge >= 0.3 is 5.97 Å². The van der Waals surface area contributed by atoms with Crippen molar-refractivity contribution in [1.82, 2.24) is 10.6 Å². The van der Waals surface area contributed by atoms with Crippen LogP contribution in [0.25, 0.3) is 0 Å². The Morgan fingerprint density at radius 1 is 1.27 bits per heavy atom. The summed E-state index contributed by atoms with van der Waals surface area (Å²) in [5, 5.41) is 5.56. The summed E-state index contributed by atoms with van der Waals surface area (Å²) in [6.07, 6.45) is 1.83. The molecular weight excluding hydrogens is 196 g/mol. The number of carbonyl (C=O) groups excluding carboxylic acids is 2. The van der Waals surface area contributed by atoms with E-state index >= 15 is 0 Å². The van der Waals surface area contributed by atoms with Gasteiger partial charge in [-0.1, -0.05) is 6.92 Å². The molecule has 0 fully saturated rings. The molecule has 0 aromatic carbocycles. The van der Waals surface area contributed by atoms with Crippen molar-refractivity contribution < 1.29 is 14.3 Å². The second-order valence-electron chi connectivity index (χ2n) is 3.19. The molecule has 0 saturated heterocycles. The van der Waals surface area contributed by atoms with E-state index in [1.165, 1.54) is 6.92 Å². The number of esters is 1. The maximum Gasteiger partial charge on any atom is 0.325 e. The second-order valence-corrected chi connectivity index (χ2v) is 3.19. The van der Waals surface area contributed by atoms with Crippen molar-refractivity contribution >= 4 is 11.9 Å². The Kier molecular flexibility index (Phi) is 8.76. The van der Waals surface area contributed by atoms with Crippen molar-refractivity contribution in [3.8, 4) is 0 Å². The molecule has 88 valence electrons. The molecule has 1 amide bonds. The zero-order valence-corrected chi connectivity index (χ0v) is 9.47. The molecule has 0 aliphatic carbocycles. The van der Waals surface area contributed by atoms with Gasteiger partial charge in [0.25, 0.3) is 0 Å². The molecule has 0 bridgehead atoms. The minimum Gasteiger partial charge on any atom is -0.464 e. The van der Waals surface area contributed by atoms with Crippen LogP contribution < -0.4 is 10.6 Å². The lowest BCUT2D eigenvalue weighted by molar-refractivity contribution is -0.143. The van der Waals surface area contributed by atoms with E-state index in [1.54, 1.807) is 0 Å². The number of hydrogen-bond donors (Lipinski definition) is 2. The Labute approximate surface area is 90.6 Å². The fraction of sp³-hybridized carbons (Fsp3) is 0.800. The van der Waals surface area contributed by atoms with Gasteiger partial charge in [0, 0.05) is 6.92 Å². The van der Waals surface area contributed by atoms with Crippen LogP contribution in [0.2, 0.25) is 0 Å². The lowest BCUT2D eigenvalue weighted by atomic mass is 10.3. The summed E-state index contributed by atoms with van der Waals surface area (Å²) in [5.41, 5.74) is 0. The highest BCUT2D eigenvalue weighted by atomic mass is 16.5. The van der Waals surface area contributed by atoms with Crippen molar-refractivity contribution in [3.05, 3.63) is 0 Å². The van der Waals surface area contributed by atoms with Gasteiger partial charge in [-0.15, -0.1) is 0 Å². The van der Waals surface area contributed by atoms with Crippen molar-refractivity contribution in [2.45, 2.75) is 26.7 Å². The molecule has 0 aliphatic rings. The fourth-order valence-corrected chi connectivity index (χ4v) is 0.963. The van der Waals surface area contributed by atoms with E-state index < -0.39 is 0 Å². The highest BCUT2D eigenvalue weighted by Gasteiger charge is 2.02. The first-order valence-corrected chi connectivity index (χ1v) is 5.27. The van der Waals surface area contributed by atoms with Crippen LogP contribution in [-0.2, 0) is 14.3 Å². The standard InChI is InChI=1S/C10H20N2O3/c1-3-11-6-4-5-7-15-10(14)8-12-9(2)13/h11H,3-8H2,1-2H3,(H,12,13). The van der Waals surface area contributed by atoms with E-state index in [-0.39, 0.29) is 18.4 Å². The zero-order valence-electron chi connectivity index (χ0n) is 9.47. The lowest BCUT2D eigenvalue weighted by Crippen LogP contribution is -2.28. The first-order valence-electron chi connectivity index (χ1n) is 5.27. The van der Waals surface area contributed by atoms with Crippen LogP contribution in [0.5, 0.6) is 0 Å². The summed E-state index contributed by atoms with van der Waals surface area (Å²) in [6, 6.07) is 0. The van der Waals surface area contributed by atoms with Gasteiger partial charge in [-0.3, -0.25) is 9.59 Å². The summed E-state index contributed by atoms with van der Waals surface area (Å²) in [7, 11) is 0. The van der Waals surface area contributed by atoms with Gasteiger partial charge < -0.3 is 15.4 Å². The molecule has 5 nitrogen and oxygen atoms in total. The van der Waals surface area contributed by atoms with Crippen molar-refractivity contribution in [2.24, 2.45) is 0 Å². The highest BCUT2D eigenvalue weighted by molar-refractivity contribution is 5.80. The average Bonchev–Trinajstić information content (AvgIpc) is 2.20. The Bertz CT molecular complexity index is 195. The quantitative estimate of drug-likeness (QED) is 0.444. The average molecular weight is 216 g/mol. The summed E-state index contributed by atoms with van der Waals surface area (Å²) >= 11 is 0. The molecular formula is C10H20N2O3. The minimum atomic E-state index is -0.381. The summed E-state index contributed by atoms with van der Waals surface area (Å²) in [6.45, 7) is 5.70. The molecule has 0 unspecified atom stereocenters. The Morgan fingerprint density at radius 2 is 2.00 bits per heavy atom. The molecule has 0 heterocycles.